The van der Waals surface area contributed by atoms with E-state index in [1.54, 1.807) is 0 Å². The van der Waals surface area contributed by atoms with Crippen molar-refractivity contribution in [1.29, 1.82) is 0 Å². The van der Waals surface area contributed by atoms with E-state index in [4.69, 9.17) is 5.73 Å². The van der Waals surface area contributed by atoms with E-state index in [1.807, 2.05) is 0 Å². The molecule has 0 aromatic carbocycles. The van der Waals surface area contributed by atoms with Crippen molar-refractivity contribution in [2.24, 2.45) is 5.73 Å². The highest BCUT2D eigenvalue weighted by Gasteiger charge is 2.27. The third-order valence-electron chi connectivity index (χ3n) is 2.69. The smallest absolute Gasteiger partial charge is 0.0201 e. The zero-order chi connectivity index (χ0) is 9.68. The second kappa shape index (κ2) is 5.89. The highest BCUT2D eigenvalue weighted by atomic mass is 32.2. The minimum Gasteiger partial charge on any atom is -0.329 e. The predicted octanol–water partition coefficient (Wildman–Crippen LogP) is 1.60. The number of thioether (sulfide) groups is 1. The molecule has 0 aromatic heterocycles. The first-order chi connectivity index (χ1) is 6.27. The third-order valence-corrected chi connectivity index (χ3v) is 4.01. The van der Waals surface area contributed by atoms with Crippen molar-refractivity contribution >= 4 is 11.8 Å². The maximum Gasteiger partial charge on any atom is 0.0201 e. The minimum absolute atomic E-state index is 0.475. The largest absolute Gasteiger partial charge is 0.329 e. The molecule has 0 saturated heterocycles. The molecule has 13 heavy (non-hydrogen) atoms. The Morgan fingerprint density at radius 2 is 2.31 bits per heavy atom. The van der Waals surface area contributed by atoms with Crippen LogP contribution in [0.5, 0.6) is 0 Å². The molecule has 3 N–H and O–H groups in total. The van der Waals surface area contributed by atoms with Gasteiger partial charge in [-0.25, -0.2) is 0 Å². The molecule has 0 spiro atoms. The summed E-state index contributed by atoms with van der Waals surface area (Å²) in [7, 11) is 0. The van der Waals surface area contributed by atoms with E-state index in [0.717, 1.165) is 11.8 Å². The molecule has 78 valence electrons. The molecule has 1 aliphatic rings. The summed E-state index contributed by atoms with van der Waals surface area (Å²) in [5.41, 5.74) is 5.60. The Hall–Kier alpha value is 0.270. The molecule has 3 unspecified atom stereocenters. The van der Waals surface area contributed by atoms with Crippen molar-refractivity contribution in [2.75, 3.05) is 12.3 Å². The van der Waals surface area contributed by atoms with Gasteiger partial charge in [0.15, 0.2) is 0 Å². The fourth-order valence-electron chi connectivity index (χ4n) is 1.96. The molecule has 1 aliphatic carbocycles. The van der Waals surface area contributed by atoms with Crippen LogP contribution in [0.2, 0.25) is 0 Å². The van der Waals surface area contributed by atoms with Crippen molar-refractivity contribution in [3.8, 4) is 0 Å². The first-order valence-electron chi connectivity index (χ1n) is 5.35. The maximum absolute atomic E-state index is 5.60. The molecule has 1 saturated carbocycles. The number of rotatable bonds is 5. The van der Waals surface area contributed by atoms with E-state index >= 15 is 0 Å². The quantitative estimate of drug-likeness (QED) is 0.711. The topological polar surface area (TPSA) is 38.0 Å². The van der Waals surface area contributed by atoms with Gasteiger partial charge in [0.05, 0.1) is 0 Å². The molecule has 3 heteroatoms. The van der Waals surface area contributed by atoms with E-state index in [1.165, 1.54) is 25.0 Å². The average molecular weight is 202 g/mol. The minimum atomic E-state index is 0.475. The summed E-state index contributed by atoms with van der Waals surface area (Å²) in [4.78, 5) is 0. The van der Waals surface area contributed by atoms with Crippen LogP contribution in [0, 0.1) is 0 Å². The van der Waals surface area contributed by atoms with Crippen LogP contribution in [0.15, 0.2) is 0 Å². The van der Waals surface area contributed by atoms with Gasteiger partial charge in [-0.2, -0.15) is 11.8 Å². The summed E-state index contributed by atoms with van der Waals surface area (Å²) in [5.74, 6) is 1.24. The van der Waals surface area contributed by atoms with E-state index in [2.05, 4.69) is 30.9 Å². The van der Waals surface area contributed by atoms with Crippen molar-refractivity contribution in [3.63, 3.8) is 0 Å². The van der Waals surface area contributed by atoms with Gasteiger partial charge >= 0.3 is 0 Å². The number of nitrogens with two attached hydrogens (primary N) is 1. The van der Waals surface area contributed by atoms with Crippen LogP contribution in [0.3, 0.4) is 0 Å². The molecule has 1 fully saturated rings. The Bertz CT molecular complexity index is 141. The van der Waals surface area contributed by atoms with Crippen molar-refractivity contribution < 1.29 is 0 Å². The summed E-state index contributed by atoms with van der Waals surface area (Å²) in [5, 5.41) is 4.45. The van der Waals surface area contributed by atoms with Gasteiger partial charge in [-0.1, -0.05) is 13.3 Å². The van der Waals surface area contributed by atoms with Crippen molar-refractivity contribution in [3.05, 3.63) is 0 Å². The lowest BCUT2D eigenvalue weighted by Gasteiger charge is -2.23. The highest BCUT2D eigenvalue weighted by molar-refractivity contribution is 7.99. The van der Waals surface area contributed by atoms with Crippen LogP contribution in [0.4, 0.5) is 0 Å². The number of hydrogen-bond acceptors (Lipinski definition) is 3. The van der Waals surface area contributed by atoms with Crippen LogP contribution in [-0.2, 0) is 0 Å². The molecule has 0 aromatic rings. The summed E-state index contributed by atoms with van der Waals surface area (Å²) >= 11 is 2.10. The summed E-state index contributed by atoms with van der Waals surface area (Å²) < 4.78 is 0. The lowest BCUT2D eigenvalue weighted by atomic mass is 10.2. The Morgan fingerprint density at radius 1 is 1.54 bits per heavy atom. The van der Waals surface area contributed by atoms with Crippen LogP contribution in [0.25, 0.3) is 0 Å². The van der Waals surface area contributed by atoms with Crippen molar-refractivity contribution in [2.45, 2.75) is 50.4 Å². The molecule has 0 amide bonds. The second-order valence-electron chi connectivity index (χ2n) is 3.83. The first kappa shape index (κ1) is 11.3. The van der Waals surface area contributed by atoms with E-state index in [0.29, 0.717) is 12.1 Å². The molecule has 0 heterocycles. The summed E-state index contributed by atoms with van der Waals surface area (Å²) in [6, 6.07) is 1.19. The molecule has 3 atom stereocenters. The van der Waals surface area contributed by atoms with E-state index in [-0.39, 0.29) is 0 Å². The number of nitrogens with one attached hydrogen (secondary N) is 1. The van der Waals surface area contributed by atoms with Gasteiger partial charge in [-0.3, -0.25) is 0 Å². The van der Waals surface area contributed by atoms with Gasteiger partial charge in [0.1, 0.15) is 0 Å². The molecule has 0 radical (unpaired) electrons. The molecule has 0 aliphatic heterocycles. The molecule has 1 rings (SSSR count). The standard InChI is InChI=1S/C10H22N2S/c1-3-13-10-6-4-5-9(10)12-8(2)7-11/h8-10,12H,3-7,11H2,1-2H3. The van der Waals surface area contributed by atoms with Gasteiger partial charge in [0, 0.05) is 23.9 Å². The Balaban J connectivity index is 2.30. The fourth-order valence-corrected chi connectivity index (χ4v) is 3.17. The molecule has 2 nitrogen and oxygen atoms in total. The molecule has 0 bridgehead atoms. The highest BCUT2D eigenvalue weighted by Crippen LogP contribution is 2.29. The molecular weight excluding hydrogens is 180 g/mol. The Kier molecular flexibility index (Phi) is 5.14. The maximum atomic E-state index is 5.60. The Morgan fingerprint density at radius 3 is 2.92 bits per heavy atom. The normalized spacial score (nSPS) is 30.7. The fraction of sp³-hybridized carbons (Fsp3) is 1.00. The molecular formula is C10H22N2S. The van der Waals surface area contributed by atoms with Gasteiger partial charge < -0.3 is 11.1 Å². The predicted molar refractivity (Wildman–Crippen MR) is 61.2 cm³/mol. The zero-order valence-corrected chi connectivity index (χ0v) is 9.57. The SMILES string of the molecule is CCSC1CCCC1NC(C)CN. The van der Waals surface area contributed by atoms with Crippen LogP contribution in [-0.4, -0.2) is 29.6 Å². The van der Waals surface area contributed by atoms with Gasteiger partial charge in [-0.15, -0.1) is 0 Å². The lowest BCUT2D eigenvalue weighted by Crippen LogP contribution is -2.43. The second-order valence-corrected chi connectivity index (χ2v) is 5.35. The average Bonchev–Trinajstić information content (AvgIpc) is 2.54. The zero-order valence-electron chi connectivity index (χ0n) is 8.75. The van der Waals surface area contributed by atoms with Gasteiger partial charge in [-0.05, 0) is 25.5 Å². The third kappa shape index (κ3) is 3.49. The first-order valence-corrected chi connectivity index (χ1v) is 6.40. The lowest BCUT2D eigenvalue weighted by molar-refractivity contribution is 0.461. The summed E-state index contributed by atoms with van der Waals surface area (Å²) in [6.07, 6.45) is 4.10. The van der Waals surface area contributed by atoms with Gasteiger partial charge in [0.25, 0.3) is 0 Å². The van der Waals surface area contributed by atoms with Crippen molar-refractivity contribution in [1.82, 2.24) is 5.32 Å². The monoisotopic (exact) mass is 202 g/mol. The van der Waals surface area contributed by atoms with Crippen LogP contribution in [0.1, 0.15) is 33.1 Å². The van der Waals surface area contributed by atoms with E-state index < -0.39 is 0 Å². The summed E-state index contributed by atoms with van der Waals surface area (Å²) in [6.45, 7) is 5.17. The van der Waals surface area contributed by atoms with Crippen LogP contribution < -0.4 is 11.1 Å². The number of hydrogen-bond donors (Lipinski definition) is 2. The Labute approximate surface area is 86.0 Å². The van der Waals surface area contributed by atoms with Crippen LogP contribution >= 0.6 is 11.8 Å². The van der Waals surface area contributed by atoms with Gasteiger partial charge in [0.2, 0.25) is 0 Å². The van der Waals surface area contributed by atoms with E-state index in [9.17, 15) is 0 Å².